The van der Waals surface area contributed by atoms with Crippen LogP contribution in [-0.2, 0) is 16.1 Å². The summed E-state index contributed by atoms with van der Waals surface area (Å²) in [7, 11) is 3.48. The fourth-order valence-corrected chi connectivity index (χ4v) is 6.55. The normalized spacial score (nSPS) is 21.8. The molecule has 3 aliphatic heterocycles. The fraction of sp³-hybridized carbons (Fsp3) is 0.486. The van der Waals surface area contributed by atoms with Crippen molar-refractivity contribution in [3.05, 3.63) is 77.9 Å². The molecule has 3 aromatic rings. The van der Waals surface area contributed by atoms with E-state index in [9.17, 15) is 0 Å². The van der Waals surface area contributed by atoms with Gasteiger partial charge in [0, 0.05) is 45.7 Å². The molecule has 0 saturated carbocycles. The van der Waals surface area contributed by atoms with E-state index in [0.29, 0.717) is 12.5 Å². The van der Waals surface area contributed by atoms with Gasteiger partial charge in [-0.05, 0) is 66.9 Å². The van der Waals surface area contributed by atoms with Crippen molar-refractivity contribution in [2.45, 2.75) is 44.0 Å². The number of hydrogen-bond acceptors (Lipinski definition) is 8. The van der Waals surface area contributed by atoms with Crippen molar-refractivity contribution in [3.8, 4) is 17.2 Å². The van der Waals surface area contributed by atoms with Crippen LogP contribution < -0.4 is 29.3 Å². The van der Waals surface area contributed by atoms with Gasteiger partial charge in [0.25, 0.3) is 0 Å². The summed E-state index contributed by atoms with van der Waals surface area (Å²) in [4.78, 5) is 4.75. The number of nitrogens with one attached hydrogen (secondary N) is 1. The highest BCUT2D eigenvalue weighted by molar-refractivity contribution is 5.61. The van der Waals surface area contributed by atoms with Gasteiger partial charge in [0.1, 0.15) is 30.0 Å². The minimum Gasteiger partial charge on any atom is -0.495 e. The molecule has 0 amide bonds. The lowest BCUT2D eigenvalue weighted by Gasteiger charge is -2.33. The van der Waals surface area contributed by atoms with E-state index in [-0.39, 0.29) is 12.2 Å². The van der Waals surface area contributed by atoms with Gasteiger partial charge in [-0.25, -0.2) is 0 Å². The first-order chi connectivity index (χ1) is 21.2. The molecule has 0 bridgehead atoms. The monoisotopic (exact) mass is 587 g/mol. The second-order valence-electron chi connectivity index (χ2n) is 11.6. The first-order valence-corrected chi connectivity index (χ1v) is 15.7. The average Bonchev–Trinajstić information content (AvgIpc) is 3.52. The fourth-order valence-electron chi connectivity index (χ4n) is 6.55. The molecule has 1 N–H and O–H groups in total. The predicted octanol–water partition coefficient (Wildman–Crippen LogP) is 5.25. The lowest BCUT2D eigenvalue weighted by Crippen LogP contribution is -2.41. The topological polar surface area (TPSA) is 64.7 Å². The van der Waals surface area contributed by atoms with Crippen molar-refractivity contribution < 1.29 is 23.7 Å². The van der Waals surface area contributed by atoms with Gasteiger partial charge in [0.15, 0.2) is 0 Å². The minimum absolute atomic E-state index is 0.106. The molecular weight excluding hydrogens is 542 g/mol. The van der Waals surface area contributed by atoms with Crippen molar-refractivity contribution in [1.29, 1.82) is 0 Å². The largest absolute Gasteiger partial charge is 0.495 e. The maximum atomic E-state index is 6.58. The highest BCUT2D eigenvalue weighted by Gasteiger charge is 2.29. The predicted molar refractivity (Wildman–Crippen MR) is 170 cm³/mol. The Labute approximate surface area is 255 Å². The van der Waals surface area contributed by atoms with Gasteiger partial charge in [0.2, 0.25) is 0 Å². The maximum Gasteiger partial charge on any atom is 0.142 e. The molecule has 0 radical (unpaired) electrons. The van der Waals surface area contributed by atoms with E-state index in [1.807, 2.05) is 12.1 Å². The quantitative estimate of drug-likeness (QED) is 0.289. The van der Waals surface area contributed by atoms with Crippen LogP contribution in [0.25, 0.3) is 0 Å². The molecule has 8 heteroatoms. The van der Waals surface area contributed by atoms with Crippen molar-refractivity contribution in [3.63, 3.8) is 0 Å². The third-order valence-electron chi connectivity index (χ3n) is 8.83. The summed E-state index contributed by atoms with van der Waals surface area (Å²) in [6.07, 6.45) is 3.30. The molecule has 43 heavy (non-hydrogen) atoms. The molecule has 2 saturated heterocycles. The molecule has 0 aromatic heterocycles. The van der Waals surface area contributed by atoms with Crippen LogP contribution in [0.1, 0.15) is 36.3 Å². The van der Waals surface area contributed by atoms with Crippen molar-refractivity contribution in [2.24, 2.45) is 0 Å². The Balaban J connectivity index is 1.05. The number of para-hydroxylation sites is 2. The SMILES string of the molecule is COCCCN1CCOc2ccc(COC3CNCCC3c3ccc(O[C@H]4CCN(c5ccccc5OC)C4)cc3)cc21. The Morgan fingerprint density at radius 3 is 2.70 bits per heavy atom. The maximum absolute atomic E-state index is 6.58. The average molecular weight is 588 g/mol. The van der Waals surface area contributed by atoms with Crippen LogP contribution in [0, 0.1) is 0 Å². The zero-order valence-corrected chi connectivity index (χ0v) is 25.5. The van der Waals surface area contributed by atoms with Gasteiger partial charge >= 0.3 is 0 Å². The van der Waals surface area contributed by atoms with E-state index < -0.39 is 0 Å². The Morgan fingerprint density at radius 1 is 0.953 bits per heavy atom. The zero-order valence-electron chi connectivity index (χ0n) is 25.5. The van der Waals surface area contributed by atoms with Crippen LogP contribution in [0.2, 0.25) is 0 Å². The highest BCUT2D eigenvalue weighted by atomic mass is 16.5. The molecule has 3 heterocycles. The van der Waals surface area contributed by atoms with Gasteiger partial charge in [-0.15, -0.1) is 0 Å². The Morgan fingerprint density at radius 2 is 1.84 bits per heavy atom. The molecule has 8 nitrogen and oxygen atoms in total. The minimum atomic E-state index is 0.106. The third-order valence-corrected chi connectivity index (χ3v) is 8.83. The molecule has 3 atom stereocenters. The second kappa shape index (κ2) is 14.3. The number of hydrogen-bond donors (Lipinski definition) is 1. The summed E-state index contributed by atoms with van der Waals surface area (Å²) < 4.78 is 29.8. The number of piperidine rings is 1. The van der Waals surface area contributed by atoms with Crippen LogP contribution in [0.15, 0.2) is 66.7 Å². The van der Waals surface area contributed by atoms with E-state index in [2.05, 4.69) is 69.7 Å². The number of ether oxygens (including phenoxy) is 5. The molecule has 3 aromatic carbocycles. The number of fused-ring (bicyclic) bond motifs is 1. The van der Waals surface area contributed by atoms with Crippen LogP contribution in [-0.4, -0.2) is 78.9 Å². The van der Waals surface area contributed by atoms with E-state index in [1.54, 1.807) is 14.2 Å². The summed E-state index contributed by atoms with van der Waals surface area (Å²) in [5.41, 5.74) is 4.77. The number of methoxy groups -OCH3 is 2. The Hall–Kier alpha value is -3.46. The zero-order chi connectivity index (χ0) is 29.4. The third kappa shape index (κ3) is 7.20. The first kappa shape index (κ1) is 29.6. The molecule has 0 aliphatic carbocycles. The lowest BCUT2D eigenvalue weighted by molar-refractivity contribution is 0.0106. The van der Waals surface area contributed by atoms with E-state index in [1.165, 1.54) is 11.1 Å². The van der Waals surface area contributed by atoms with Crippen LogP contribution >= 0.6 is 0 Å². The second-order valence-corrected chi connectivity index (χ2v) is 11.6. The number of nitrogens with zero attached hydrogens (tertiary/aromatic N) is 2. The summed E-state index contributed by atoms with van der Waals surface area (Å²) in [6.45, 7) is 7.58. The molecule has 2 unspecified atom stereocenters. The Kier molecular flexibility index (Phi) is 9.87. The molecule has 6 rings (SSSR count). The molecular formula is C35H45N3O5. The van der Waals surface area contributed by atoms with Crippen LogP contribution in [0.5, 0.6) is 17.2 Å². The van der Waals surface area contributed by atoms with Gasteiger partial charge in [0.05, 0.1) is 44.3 Å². The van der Waals surface area contributed by atoms with Crippen molar-refractivity contribution >= 4 is 11.4 Å². The summed E-state index contributed by atoms with van der Waals surface area (Å²) in [6, 6.07) is 23.4. The van der Waals surface area contributed by atoms with Gasteiger partial charge in [-0.3, -0.25) is 0 Å². The van der Waals surface area contributed by atoms with Crippen molar-refractivity contribution in [1.82, 2.24) is 5.32 Å². The summed E-state index contributed by atoms with van der Waals surface area (Å²) in [5.74, 6) is 3.13. The van der Waals surface area contributed by atoms with Gasteiger partial charge < -0.3 is 38.8 Å². The lowest BCUT2D eigenvalue weighted by atomic mass is 9.87. The number of anilines is 2. The molecule has 2 fully saturated rings. The number of rotatable bonds is 12. The van der Waals surface area contributed by atoms with E-state index in [4.69, 9.17) is 23.7 Å². The molecule has 230 valence electrons. The smallest absolute Gasteiger partial charge is 0.142 e. The van der Waals surface area contributed by atoms with E-state index >= 15 is 0 Å². The molecule has 0 spiro atoms. The molecule has 3 aliphatic rings. The standard InChI is InChI=1S/C35H45N3O5/c1-39-20-5-17-37-19-21-41-34-13-8-26(22-32(34)37)25-42-35-23-36-16-14-30(35)27-9-11-28(12-10-27)43-29-15-18-38(24-29)31-6-3-4-7-33(31)40-2/h3-4,6-13,22,29-30,35-36H,5,14-21,23-25H2,1-2H3/t29-,30?,35?/m0/s1. The Bertz CT molecular complexity index is 1320. The van der Waals surface area contributed by atoms with E-state index in [0.717, 1.165) is 100 Å². The first-order valence-electron chi connectivity index (χ1n) is 15.7. The van der Waals surface area contributed by atoms with Crippen LogP contribution in [0.3, 0.4) is 0 Å². The van der Waals surface area contributed by atoms with Gasteiger partial charge in [-0.2, -0.15) is 0 Å². The highest BCUT2D eigenvalue weighted by Crippen LogP contribution is 2.35. The van der Waals surface area contributed by atoms with Crippen LogP contribution in [0.4, 0.5) is 11.4 Å². The summed E-state index contributed by atoms with van der Waals surface area (Å²) >= 11 is 0. The summed E-state index contributed by atoms with van der Waals surface area (Å²) in [5, 5.41) is 3.54. The van der Waals surface area contributed by atoms with Crippen molar-refractivity contribution in [2.75, 3.05) is 76.5 Å². The number of benzene rings is 3. The van der Waals surface area contributed by atoms with Gasteiger partial charge in [-0.1, -0.05) is 30.3 Å².